The monoisotopic (exact) mass is 281 g/mol. The Kier molecular flexibility index (Phi) is 2.82. The van der Waals surface area contributed by atoms with Gasteiger partial charge in [0.05, 0.1) is 16.8 Å². The number of aromatic amines is 1. The fourth-order valence-corrected chi connectivity index (χ4v) is 2.69. The van der Waals surface area contributed by atoms with Gasteiger partial charge in [-0.15, -0.1) is 10.2 Å². The van der Waals surface area contributed by atoms with E-state index < -0.39 is 0 Å². The number of para-hydroxylation sites is 1. The molecule has 1 aliphatic heterocycles. The van der Waals surface area contributed by atoms with Crippen LogP contribution in [-0.2, 0) is 0 Å². The third-order valence-electron chi connectivity index (χ3n) is 3.69. The van der Waals surface area contributed by atoms with Crippen molar-refractivity contribution in [2.24, 2.45) is 0 Å². The number of aryl methyl sites for hydroxylation is 1. The van der Waals surface area contributed by atoms with Gasteiger partial charge in [0.25, 0.3) is 0 Å². The maximum atomic E-state index is 5.54. The molecule has 0 bridgehead atoms. The van der Waals surface area contributed by atoms with E-state index in [0.29, 0.717) is 11.8 Å². The largest absolute Gasteiger partial charge is 0.421 e. The van der Waals surface area contributed by atoms with E-state index in [1.807, 2.05) is 12.1 Å². The summed E-state index contributed by atoms with van der Waals surface area (Å²) >= 11 is 0. The van der Waals surface area contributed by atoms with Crippen molar-refractivity contribution in [2.45, 2.75) is 13.3 Å². The van der Waals surface area contributed by atoms with Gasteiger partial charge >= 0.3 is 0 Å². The molecule has 3 aromatic rings. The van der Waals surface area contributed by atoms with Crippen molar-refractivity contribution < 1.29 is 4.42 Å². The van der Waals surface area contributed by atoms with Crippen LogP contribution in [0.2, 0.25) is 0 Å². The average molecular weight is 281 g/mol. The van der Waals surface area contributed by atoms with Crippen LogP contribution in [0, 0.1) is 6.92 Å². The van der Waals surface area contributed by atoms with Crippen LogP contribution in [-0.4, -0.2) is 33.5 Å². The molecule has 2 N–H and O–H groups in total. The molecule has 3 heterocycles. The lowest BCUT2D eigenvalue weighted by molar-refractivity contribution is 0.533. The minimum Gasteiger partial charge on any atom is -0.421 e. The number of hydrogen-bond acceptors (Lipinski definition) is 5. The van der Waals surface area contributed by atoms with Crippen LogP contribution in [0.15, 0.2) is 28.7 Å². The number of benzene rings is 1. The minimum atomic E-state index is 0.518. The smallest absolute Gasteiger partial charge is 0.249 e. The Morgan fingerprint density at radius 1 is 1.24 bits per heavy atom. The molecule has 0 spiro atoms. The van der Waals surface area contributed by atoms with Crippen molar-refractivity contribution in [2.75, 3.05) is 13.1 Å². The lowest BCUT2D eigenvalue weighted by Crippen LogP contribution is -2.21. The van der Waals surface area contributed by atoms with E-state index in [1.54, 1.807) is 6.92 Å². The van der Waals surface area contributed by atoms with Gasteiger partial charge in [0.1, 0.15) is 0 Å². The van der Waals surface area contributed by atoms with Gasteiger partial charge in [0.2, 0.25) is 11.8 Å². The number of fused-ring (bicyclic) bond motifs is 1. The predicted molar refractivity (Wildman–Crippen MR) is 79.6 cm³/mol. The van der Waals surface area contributed by atoms with Crippen LogP contribution in [0.1, 0.15) is 18.0 Å². The molecular formula is C15H15N5O. The lowest BCUT2D eigenvalue weighted by atomic mass is 10.0. The first kappa shape index (κ1) is 12.3. The molecule has 0 radical (unpaired) electrons. The summed E-state index contributed by atoms with van der Waals surface area (Å²) < 4.78 is 5.54. The normalized spacial score (nSPS) is 15.4. The van der Waals surface area contributed by atoms with Crippen LogP contribution < -0.4 is 5.32 Å². The maximum absolute atomic E-state index is 5.54. The zero-order chi connectivity index (χ0) is 14.2. The van der Waals surface area contributed by atoms with Gasteiger partial charge in [-0.05, 0) is 24.6 Å². The first-order chi connectivity index (χ1) is 10.3. The average Bonchev–Trinajstić information content (AvgIpc) is 3.14. The summed E-state index contributed by atoms with van der Waals surface area (Å²) in [5.74, 6) is 1.07. The Morgan fingerprint density at radius 3 is 2.95 bits per heavy atom. The molecule has 0 atom stereocenters. The Labute approximate surface area is 121 Å². The second-order valence-corrected chi connectivity index (χ2v) is 5.12. The van der Waals surface area contributed by atoms with Gasteiger partial charge in [-0.1, -0.05) is 18.2 Å². The predicted octanol–water partition coefficient (Wildman–Crippen LogP) is 2.30. The molecule has 1 aliphatic rings. The minimum absolute atomic E-state index is 0.518. The van der Waals surface area contributed by atoms with Crippen molar-refractivity contribution in [3.63, 3.8) is 0 Å². The zero-order valence-electron chi connectivity index (χ0n) is 11.7. The Morgan fingerprint density at radius 2 is 2.19 bits per heavy atom. The number of aromatic nitrogens is 4. The van der Waals surface area contributed by atoms with E-state index in [1.165, 1.54) is 5.57 Å². The van der Waals surface area contributed by atoms with E-state index in [0.717, 1.165) is 41.7 Å². The molecule has 0 saturated carbocycles. The van der Waals surface area contributed by atoms with Crippen LogP contribution in [0.4, 0.5) is 0 Å². The van der Waals surface area contributed by atoms with Gasteiger partial charge in [-0.2, -0.15) is 5.10 Å². The van der Waals surface area contributed by atoms with E-state index in [9.17, 15) is 0 Å². The van der Waals surface area contributed by atoms with Crippen molar-refractivity contribution in [1.29, 1.82) is 0 Å². The third kappa shape index (κ3) is 2.04. The van der Waals surface area contributed by atoms with E-state index >= 15 is 0 Å². The highest BCUT2D eigenvalue weighted by atomic mass is 16.4. The van der Waals surface area contributed by atoms with Gasteiger partial charge in [-0.25, -0.2) is 0 Å². The summed E-state index contributed by atoms with van der Waals surface area (Å²) in [6.45, 7) is 3.66. The molecule has 0 unspecified atom stereocenters. The van der Waals surface area contributed by atoms with Crippen LogP contribution >= 0.6 is 0 Å². The highest BCUT2D eigenvalue weighted by Gasteiger charge is 2.17. The molecule has 4 rings (SSSR count). The standard InChI is InChI=1S/C15H15N5O/c1-9-17-20-15(21-9)12-6-2-5-11-13(18-19-14(11)12)10-4-3-7-16-8-10/h2,4-6,16H,3,7-8H2,1H3,(H,18,19). The summed E-state index contributed by atoms with van der Waals surface area (Å²) in [5.41, 5.74) is 4.04. The van der Waals surface area contributed by atoms with Crippen molar-refractivity contribution in [3.05, 3.63) is 35.9 Å². The SMILES string of the molecule is Cc1nnc(-c2cccc3c(C4=CCCNC4)n[nH]c23)o1. The first-order valence-electron chi connectivity index (χ1n) is 7.00. The summed E-state index contributed by atoms with van der Waals surface area (Å²) in [4.78, 5) is 0. The van der Waals surface area contributed by atoms with Crippen LogP contribution in [0.3, 0.4) is 0 Å². The van der Waals surface area contributed by atoms with E-state index in [2.05, 4.69) is 37.9 Å². The zero-order valence-corrected chi connectivity index (χ0v) is 11.7. The molecule has 106 valence electrons. The van der Waals surface area contributed by atoms with Crippen LogP contribution in [0.5, 0.6) is 0 Å². The molecule has 21 heavy (non-hydrogen) atoms. The van der Waals surface area contributed by atoms with Gasteiger partial charge in [0, 0.05) is 18.9 Å². The Bertz CT molecular complexity index is 830. The summed E-state index contributed by atoms with van der Waals surface area (Å²) in [7, 11) is 0. The summed E-state index contributed by atoms with van der Waals surface area (Å²) in [6.07, 6.45) is 3.28. The molecule has 1 aromatic carbocycles. The second kappa shape index (κ2) is 4.82. The fourth-order valence-electron chi connectivity index (χ4n) is 2.69. The molecule has 6 nitrogen and oxygen atoms in total. The van der Waals surface area contributed by atoms with Gasteiger partial charge in [0.15, 0.2) is 0 Å². The molecule has 2 aromatic heterocycles. The molecular weight excluding hydrogens is 266 g/mol. The number of nitrogens with one attached hydrogen (secondary N) is 2. The van der Waals surface area contributed by atoms with Crippen molar-refractivity contribution in [1.82, 2.24) is 25.7 Å². The third-order valence-corrected chi connectivity index (χ3v) is 3.69. The number of nitrogens with zero attached hydrogens (tertiary/aromatic N) is 3. The van der Waals surface area contributed by atoms with Crippen molar-refractivity contribution in [3.8, 4) is 11.5 Å². The maximum Gasteiger partial charge on any atom is 0.249 e. The number of rotatable bonds is 2. The number of H-pyrrole nitrogens is 1. The lowest BCUT2D eigenvalue weighted by Gasteiger charge is -2.12. The van der Waals surface area contributed by atoms with Gasteiger partial charge < -0.3 is 9.73 Å². The second-order valence-electron chi connectivity index (χ2n) is 5.12. The Hall–Kier alpha value is -2.47. The van der Waals surface area contributed by atoms with E-state index in [4.69, 9.17) is 4.42 Å². The van der Waals surface area contributed by atoms with Crippen molar-refractivity contribution >= 4 is 16.5 Å². The highest BCUT2D eigenvalue weighted by molar-refractivity contribution is 5.98. The molecule has 0 aliphatic carbocycles. The topological polar surface area (TPSA) is 79.6 Å². The summed E-state index contributed by atoms with van der Waals surface area (Å²) in [6, 6.07) is 6.02. The van der Waals surface area contributed by atoms with Crippen LogP contribution in [0.25, 0.3) is 27.9 Å². The quantitative estimate of drug-likeness (QED) is 0.753. The molecule has 0 saturated heterocycles. The molecule has 6 heteroatoms. The molecule has 0 fully saturated rings. The highest BCUT2D eigenvalue weighted by Crippen LogP contribution is 2.30. The molecule has 0 amide bonds. The number of hydrogen-bond donors (Lipinski definition) is 2. The fraction of sp³-hybridized carbons (Fsp3) is 0.267. The Balaban J connectivity index is 1.88. The van der Waals surface area contributed by atoms with Gasteiger partial charge in [-0.3, -0.25) is 5.10 Å². The first-order valence-corrected chi connectivity index (χ1v) is 7.00. The summed E-state index contributed by atoms with van der Waals surface area (Å²) in [5, 5.41) is 20.1. The van der Waals surface area contributed by atoms with E-state index in [-0.39, 0.29) is 0 Å².